The van der Waals surface area contributed by atoms with Crippen molar-refractivity contribution in [2.75, 3.05) is 0 Å². The minimum atomic E-state index is -0.0670. The monoisotopic (exact) mass is 651 g/mol. The fraction of sp³-hybridized carbons (Fsp3) is 0.0800. The van der Waals surface area contributed by atoms with Crippen molar-refractivity contribution in [2.45, 2.75) is 26.2 Å². The van der Waals surface area contributed by atoms with Gasteiger partial charge in [-0.05, 0) is 101 Å². The van der Waals surface area contributed by atoms with Crippen LogP contribution >= 0.6 is 0 Å². The first-order valence-corrected chi connectivity index (χ1v) is 18.0. The van der Waals surface area contributed by atoms with Crippen LogP contribution in [0.1, 0.15) is 26.3 Å². The molecule has 0 aliphatic rings. The molecular weight excluding hydrogens is 615 g/mol. The molecule has 1 heterocycles. The Kier molecular flexibility index (Phi) is 6.51. The van der Waals surface area contributed by atoms with Crippen LogP contribution in [0.2, 0.25) is 0 Å². The number of aromatic nitrogens is 1. The van der Waals surface area contributed by atoms with Crippen LogP contribution in [0.5, 0.6) is 0 Å². The average molecular weight is 652 g/mol. The minimum absolute atomic E-state index is 0.0670. The Morgan fingerprint density at radius 3 is 1.43 bits per heavy atom. The van der Waals surface area contributed by atoms with Gasteiger partial charge in [0.15, 0.2) is 0 Å². The van der Waals surface area contributed by atoms with Gasteiger partial charge in [-0.15, -0.1) is 0 Å². The third-order valence-electron chi connectivity index (χ3n) is 10.9. The fourth-order valence-corrected chi connectivity index (χ4v) is 8.62. The Labute approximate surface area is 298 Å². The quantitative estimate of drug-likeness (QED) is 0.168. The summed E-state index contributed by atoms with van der Waals surface area (Å²) in [5.41, 5.74) is 10.0. The van der Waals surface area contributed by atoms with E-state index in [9.17, 15) is 0 Å². The van der Waals surface area contributed by atoms with E-state index in [1.165, 1.54) is 98.4 Å². The molecule has 0 fully saturated rings. The van der Waals surface area contributed by atoms with Crippen molar-refractivity contribution in [3.8, 4) is 27.9 Å². The van der Waals surface area contributed by atoms with Crippen molar-refractivity contribution in [2.24, 2.45) is 0 Å². The van der Waals surface area contributed by atoms with E-state index in [0.717, 1.165) is 0 Å². The number of benzene rings is 9. The first-order chi connectivity index (χ1) is 25.0. The van der Waals surface area contributed by atoms with Gasteiger partial charge in [0.1, 0.15) is 0 Å². The molecule has 0 bridgehead atoms. The second kappa shape index (κ2) is 11.2. The lowest BCUT2D eigenvalue weighted by Gasteiger charge is -2.23. The highest BCUT2D eigenvalue weighted by Gasteiger charge is 2.26. The molecule has 0 aliphatic heterocycles. The van der Waals surface area contributed by atoms with Crippen molar-refractivity contribution in [3.05, 3.63) is 175 Å². The van der Waals surface area contributed by atoms with Crippen LogP contribution in [0.3, 0.4) is 0 Å². The molecule has 10 rings (SSSR count). The zero-order valence-electron chi connectivity index (χ0n) is 29.1. The molecule has 0 saturated carbocycles. The Hall–Kier alpha value is -6.18. The third-order valence-corrected chi connectivity index (χ3v) is 10.9. The first kappa shape index (κ1) is 29.7. The smallest absolute Gasteiger partial charge is 0.0585 e. The summed E-state index contributed by atoms with van der Waals surface area (Å²) in [5, 5.41) is 12.9. The zero-order chi connectivity index (χ0) is 34.3. The highest BCUT2D eigenvalue weighted by Crippen LogP contribution is 2.46. The SMILES string of the molecule is CC(C)(C)c1cc2ccccc2c2c3c4ccccc4ccc3n(-c3ccc(-c4c5ccccc5c(-c5ccccc5)c5ccccc45)cc3)c12. The molecule has 1 heteroatoms. The molecule has 1 nitrogen and oxygen atoms in total. The molecule has 0 atom stereocenters. The highest BCUT2D eigenvalue weighted by atomic mass is 15.0. The molecule has 242 valence electrons. The van der Waals surface area contributed by atoms with E-state index in [1.807, 2.05) is 0 Å². The summed E-state index contributed by atoms with van der Waals surface area (Å²) in [5.74, 6) is 0. The normalized spacial score (nSPS) is 12.2. The van der Waals surface area contributed by atoms with E-state index in [1.54, 1.807) is 0 Å². The van der Waals surface area contributed by atoms with Gasteiger partial charge in [-0.1, -0.05) is 166 Å². The van der Waals surface area contributed by atoms with Crippen LogP contribution in [-0.4, -0.2) is 4.57 Å². The van der Waals surface area contributed by atoms with Gasteiger partial charge in [-0.25, -0.2) is 0 Å². The van der Waals surface area contributed by atoms with Crippen LogP contribution in [0.25, 0.3) is 92.8 Å². The number of nitrogens with zero attached hydrogens (tertiary/aromatic N) is 1. The van der Waals surface area contributed by atoms with Crippen molar-refractivity contribution in [1.29, 1.82) is 0 Å². The molecule has 0 unspecified atom stereocenters. The summed E-state index contributed by atoms with van der Waals surface area (Å²) in [6, 6.07) is 62.8. The molecule has 0 radical (unpaired) electrons. The van der Waals surface area contributed by atoms with Gasteiger partial charge in [0.25, 0.3) is 0 Å². The number of rotatable bonds is 3. The molecule has 51 heavy (non-hydrogen) atoms. The lowest BCUT2D eigenvalue weighted by Crippen LogP contribution is -2.13. The molecule has 0 spiro atoms. The molecule has 0 aliphatic carbocycles. The number of hydrogen-bond donors (Lipinski definition) is 0. The van der Waals surface area contributed by atoms with Gasteiger partial charge in [0, 0.05) is 16.5 Å². The van der Waals surface area contributed by atoms with Crippen molar-refractivity contribution in [3.63, 3.8) is 0 Å². The Balaban J connectivity index is 1.28. The topological polar surface area (TPSA) is 4.93 Å². The highest BCUT2D eigenvalue weighted by molar-refractivity contribution is 6.29. The van der Waals surface area contributed by atoms with Crippen LogP contribution < -0.4 is 0 Å². The van der Waals surface area contributed by atoms with E-state index >= 15 is 0 Å². The molecule has 0 N–H and O–H groups in total. The predicted octanol–water partition coefficient (Wildman–Crippen LogP) is 14.0. The largest absolute Gasteiger partial charge is 0.309 e. The van der Waals surface area contributed by atoms with E-state index in [4.69, 9.17) is 0 Å². The summed E-state index contributed by atoms with van der Waals surface area (Å²) in [7, 11) is 0. The lowest BCUT2D eigenvalue weighted by molar-refractivity contribution is 0.594. The van der Waals surface area contributed by atoms with E-state index in [0.29, 0.717) is 0 Å². The summed E-state index contributed by atoms with van der Waals surface area (Å²) in [6.07, 6.45) is 0. The van der Waals surface area contributed by atoms with Crippen LogP contribution in [0, 0.1) is 0 Å². The van der Waals surface area contributed by atoms with Crippen LogP contribution in [0.15, 0.2) is 170 Å². The van der Waals surface area contributed by atoms with Gasteiger partial charge < -0.3 is 4.57 Å². The lowest BCUT2D eigenvalue weighted by atomic mass is 9.83. The number of fused-ring (bicyclic) bond motifs is 9. The molecule has 10 aromatic rings. The molecule has 1 aromatic heterocycles. The van der Waals surface area contributed by atoms with Gasteiger partial charge >= 0.3 is 0 Å². The fourth-order valence-electron chi connectivity index (χ4n) is 8.62. The van der Waals surface area contributed by atoms with E-state index < -0.39 is 0 Å². The van der Waals surface area contributed by atoms with Gasteiger partial charge in [0.2, 0.25) is 0 Å². The van der Waals surface area contributed by atoms with Crippen molar-refractivity contribution in [1.82, 2.24) is 4.57 Å². The number of hydrogen-bond acceptors (Lipinski definition) is 0. The molecule has 0 amide bonds. The molecular formula is C50H37N. The summed E-state index contributed by atoms with van der Waals surface area (Å²) in [4.78, 5) is 0. The Bertz CT molecular complexity index is 2920. The summed E-state index contributed by atoms with van der Waals surface area (Å²) < 4.78 is 2.53. The van der Waals surface area contributed by atoms with Crippen LogP contribution in [-0.2, 0) is 5.41 Å². The Morgan fingerprint density at radius 1 is 0.392 bits per heavy atom. The van der Waals surface area contributed by atoms with Gasteiger partial charge in [0.05, 0.1) is 11.0 Å². The van der Waals surface area contributed by atoms with E-state index in [-0.39, 0.29) is 5.41 Å². The van der Waals surface area contributed by atoms with Gasteiger partial charge in [-0.2, -0.15) is 0 Å². The zero-order valence-corrected chi connectivity index (χ0v) is 29.1. The second-order valence-corrected chi connectivity index (χ2v) is 14.9. The van der Waals surface area contributed by atoms with Gasteiger partial charge in [-0.3, -0.25) is 0 Å². The van der Waals surface area contributed by atoms with E-state index in [2.05, 4.69) is 195 Å². The maximum atomic E-state index is 2.53. The average Bonchev–Trinajstić information content (AvgIpc) is 3.52. The predicted molar refractivity (Wildman–Crippen MR) is 220 cm³/mol. The Morgan fingerprint density at radius 2 is 0.863 bits per heavy atom. The van der Waals surface area contributed by atoms with Crippen molar-refractivity contribution < 1.29 is 0 Å². The minimum Gasteiger partial charge on any atom is -0.309 e. The standard InChI is InChI=1S/C50H37N/c1-50(2,3)43-31-35-18-8-10-20-38(35)48-47-37-19-9-7-15-32(37)27-30-44(47)51(49(43)48)36-28-25-34(26-29-36)46-41-23-13-11-21-39(41)45(33-16-5-4-6-17-33)40-22-12-14-24-42(40)46/h4-31H,1-3H3. The summed E-state index contributed by atoms with van der Waals surface area (Å²) in [6.45, 7) is 7.03. The summed E-state index contributed by atoms with van der Waals surface area (Å²) >= 11 is 0. The maximum absolute atomic E-state index is 2.53. The molecule has 9 aromatic carbocycles. The second-order valence-electron chi connectivity index (χ2n) is 14.9. The third kappa shape index (κ3) is 4.48. The van der Waals surface area contributed by atoms with Crippen LogP contribution in [0.4, 0.5) is 0 Å². The van der Waals surface area contributed by atoms with Crippen molar-refractivity contribution >= 4 is 64.9 Å². The molecule has 0 saturated heterocycles. The first-order valence-electron chi connectivity index (χ1n) is 18.0. The maximum Gasteiger partial charge on any atom is 0.0585 e.